The minimum atomic E-state index is -3.70. The van der Waals surface area contributed by atoms with Gasteiger partial charge in [0.25, 0.3) is 0 Å². The molecule has 0 fully saturated rings. The molecule has 0 amide bonds. The van der Waals surface area contributed by atoms with E-state index in [1.165, 1.54) is 0 Å². The molecule has 4 atom stereocenters. The van der Waals surface area contributed by atoms with Crippen LogP contribution in [0.2, 0.25) is 0 Å². The third kappa shape index (κ3) is 5.68. The van der Waals surface area contributed by atoms with Crippen LogP contribution in [0.1, 0.15) is 41.5 Å². The van der Waals surface area contributed by atoms with Crippen LogP contribution >= 0.6 is 7.60 Å². The molecule has 5 nitrogen and oxygen atoms in total. The molecule has 1 rings (SSSR count). The summed E-state index contributed by atoms with van der Waals surface area (Å²) in [6.07, 6.45) is -1.14. The van der Waals surface area contributed by atoms with Gasteiger partial charge in [-0.25, -0.2) is 0 Å². The van der Waals surface area contributed by atoms with Crippen molar-refractivity contribution in [3.8, 4) is 12.1 Å². The van der Waals surface area contributed by atoms with Crippen molar-refractivity contribution < 1.29 is 13.6 Å². The quantitative estimate of drug-likeness (QED) is 0.572. The van der Waals surface area contributed by atoms with Crippen molar-refractivity contribution >= 4 is 12.9 Å². The zero-order valence-corrected chi connectivity index (χ0v) is 17.3. The van der Waals surface area contributed by atoms with E-state index in [-0.39, 0.29) is 11.8 Å². The van der Waals surface area contributed by atoms with Crippen molar-refractivity contribution in [2.75, 3.05) is 0 Å². The highest BCUT2D eigenvalue weighted by atomic mass is 31.2. The topological polar surface area (TPSA) is 83.1 Å². The fraction of sp³-hybridized carbons (Fsp3) is 0.600. The van der Waals surface area contributed by atoms with E-state index >= 15 is 0 Å². The molecule has 0 saturated carbocycles. The third-order valence-electron chi connectivity index (χ3n) is 4.43. The predicted molar refractivity (Wildman–Crippen MR) is 103 cm³/mol. The SMILES string of the molecule is CC(C)[C@H](C#N)[C@@H](C)OP(=O)(O[C@H](C)[C@@H](C#N)C(C)C)c1ccccc1. The molecule has 0 unspecified atom stereocenters. The molecule has 142 valence electrons. The number of hydrogen-bond donors (Lipinski definition) is 0. The van der Waals surface area contributed by atoms with Gasteiger partial charge in [0.2, 0.25) is 0 Å². The first-order valence-electron chi connectivity index (χ1n) is 8.98. The van der Waals surface area contributed by atoms with Crippen LogP contribution in [0.4, 0.5) is 0 Å². The van der Waals surface area contributed by atoms with Gasteiger partial charge in [-0.3, -0.25) is 4.57 Å². The summed E-state index contributed by atoms with van der Waals surface area (Å²) >= 11 is 0. The number of rotatable bonds is 9. The average molecular weight is 376 g/mol. The summed E-state index contributed by atoms with van der Waals surface area (Å²) in [6, 6.07) is 13.2. The maximum Gasteiger partial charge on any atom is 0.361 e. The van der Waals surface area contributed by atoms with E-state index in [0.717, 1.165) is 0 Å². The lowest BCUT2D eigenvalue weighted by Gasteiger charge is -2.30. The molecule has 26 heavy (non-hydrogen) atoms. The van der Waals surface area contributed by atoms with Crippen molar-refractivity contribution in [2.45, 2.75) is 53.8 Å². The lowest BCUT2D eigenvalue weighted by atomic mass is 9.93. The Kier molecular flexibility index (Phi) is 8.51. The average Bonchev–Trinajstić information content (AvgIpc) is 2.55. The zero-order valence-electron chi connectivity index (χ0n) is 16.4. The monoisotopic (exact) mass is 376 g/mol. The van der Waals surface area contributed by atoms with Crippen LogP contribution in [0.3, 0.4) is 0 Å². The molecule has 0 N–H and O–H groups in total. The summed E-state index contributed by atoms with van der Waals surface area (Å²) in [6.45, 7) is 11.2. The van der Waals surface area contributed by atoms with Gasteiger partial charge in [-0.1, -0.05) is 45.9 Å². The molecule has 0 aliphatic heterocycles. The van der Waals surface area contributed by atoms with Crippen LogP contribution in [0.15, 0.2) is 30.3 Å². The van der Waals surface area contributed by atoms with Crippen molar-refractivity contribution in [1.29, 1.82) is 10.5 Å². The second kappa shape index (κ2) is 9.89. The molecular weight excluding hydrogens is 347 g/mol. The molecule has 1 aromatic rings. The number of nitriles is 2. The first-order valence-corrected chi connectivity index (χ1v) is 10.5. The highest BCUT2D eigenvalue weighted by molar-refractivity contribution is 7.62. The van der Waals surface area contributed by atoms with Gasteiger partial charge in [0.05, 0.1) is 41.5 Å². The van der Waals surface area contributed by atoms with E-state index in [1.807, 2.05) is 33.8 Å². The molecule has 0 radical (unpaired) electrons. The lowest BCUT2D eigenvalue weighted by Crippen LogP contribution is -2.29. The van der Waals surface area contributed by atoms with Crippen LogP contribution in [0.5, 0.6) is 0 Å². The first-order chi connectivity index (χ1) is 12.2. The third-order valence-corrected chi connectivity index (χ3v) is 6.58. The minimum Gasteiger partial charge on any atom is -0.301 e. The van der Waals surface area contributed by atoms with E-state index in [9.17, 15) is 15.1 Å². The lowest BCUT2D eigenvalue weighted by molar-refractivity contribution is 0.0840. The second-order valence-electron chi connectivity index (χ2n) is 7.25. The molecule has 0 spiro atoms. The Labute approximate surface area is 157 Å². The van der Waals surface area contributed by atoms with Crippen molar-refractivity contribution in [2.24, 2.45) is 23.7 Å². The molecule has 6 heteroatoms. The molecule has 0 aromatic heterocycles. The fourth-order valence-corrected chi connectivity index (χ4v) is 4.89. The van der Waals surface area contributed by atoms with E-state index in [4.69, 9.17) is 9.05 Å². The smallest absolute Gasteiger partial charge is 0.301 e. The van der Waals surface area contributed by atoms with Crippen LogP contribution in [-0.4, -0.2) is 12.2 Å². The van der Waals surface area contributed by atoms with Gasteiger partial charge < -0.3 is 9.05 Å². The predicted octanol–water partition coefficient (Wildman–Crippen LogP) is 4.91. The molecule has 0 bridgehead atoms. The van der Waals surface area contributed by atoms with E-state index < -0.39 is 31.6 Å². The van der Waals surface area contributed by atoms with E-state index in [2.05, 4.69) is 12.1 Å². The van der Waals surface area contributed by atoms with Gasteiger partial charge in [0.1, 0.15) is 0 Å². The molecule has 0 heterocycles. The first kappa shape index (κ1) is 22.4. The Morgan fingerprint density at radius 1 is 0.808 bits per heavy atom. The molecular formula is C20H29N2O3P. The molecule has 1 aromatic carbocycles. The Morgan fingerprint density at radius 3 is 1.50 bits per heavy atom. The maximum atomic E-state index is 13.7. The summed E-state index contributed by atoms with van der Waals surface area (Å²) in [4.78, 5) is 0. The standard InChI is InChI=1S/C20H29N2O3P/c1-14(2)19(12-21)16(5)24-26(23,18-10-8-7-9-11-18)25-17(6)20(13-22)15(3)4/h7-11,14-17,19-20H,1-6H3/t16-,17-,19+,20+/m1/s1. The van der Waals surface area contributed by atoms with Gasteiger partial charge >= 0.3 is 7.60 Å². The summed E-state index contributed by atoms with van der Waals surface area (Å²) < 4.78 is 25.4. The van der Waals surface area contributed by atoms with Gasteiger partial charge in [-0.05, 0) is 37.8 Å². The van der Waals surface area contributed by atoms with Crippen LogP contribution < -0.4 is 5.30 Å². The summed E-state index contributed by atoms with van der Waals surface area (Å²) in [5.74, 6) is -0.719. The van der Waals surface area contributed by atoms with Crippen LogP contribution in [0.25, 0.3) is 0 Å². The summed E-state index contributed by atoms with van der Waals surface area (Å²) in [5.41, 5.74) is 0. The van der Waals surface area contributed by atoms with E-state index in [0.29, 0.717) is 5.30 Å². The minimum absolute atomic E-state index is 0.0548. The largest absolute Gasteiger partial charge is 0.361 e. The normalized spacial score (nSPS) is 16.5. The number of hydrogen-bond acceptors (Lipinski definition) is 5. The Bertz CT molecular complexity index is 653. The van der Waals surface area contributed by atoms with E-state index in [1.54, 1.807) is 38.1 Å². The van der Waals surface area contributed by atoms with Crippen molar-refractivity contribution in [1.82, 2.24) is 0 Å². The highest BCUT2D eigenvalue weighted by Gasteiger charge is 2.37. The Hall–Kier alpha value is -1.65. The zero-order chi connectivity index (χ0) is 19.9. The van der Waals surface area contributed by atoms with Gasteiger partial charge in [-0.15, -0.1) is 0 Å². The highest BCUT2D eigenvalue weighted by Crippen LogP contribution is 2.51. The molecule has 0 aliphatic carbocycles. The number of nitrogens with zero attached hydrogens (tertiary/aromatic N) is 2. The molecule has 0 saturated heterocycles. The van der Waals surface area contributed by atoms with Crippen molar-refractivity contribution in [3.05, 3.63) is 30.3 Å². The van der Waals surface area contributed by atoms with Crippen LogP contribution in [-0.2, 0) is 13.6 Å². The van der Waals surface area contributed by atoms with Crippen molar-refractivity contribution in [3.63, 3.8) is 0 Å². The second-order valence-corrected chi connectivity index (χ2v) is 9.18. The van der Waals surface area contributed by atoms with Gasteiger partial charge in [0, 0.05) is 0 Å². The summed E-state index contributed by atoms with van der Waals surface area (Å²) in [5, 5.41) is 19.3. The van der Waals surface area contributed by atoms with Gasteiger partial charge in [-0.2, -0.15) is 10.5 Å². The van der Waals surface area contributed by atoms with Crippen LogP contribution in [0, 0.1) is 46.3 Å². The number of benzene rings is 1. The Balaban J connectivity index is 3.19. The summed E-state index contributed by atoms with van der Waals surface area (Å²) in [7, 11) is -3.70. The Morgan fingerprint density at radius 2 is 1.19 bits per heavy atom. The maximum absolute atomic E-state index is 13.7. The molecule has 0 aliphatic rings. The fourth-order valence-electron chi connectivity index (χ4n) is 2.92. The van der Waals surface area contributed by atoms with Gasteiger partial charge in [0.15, 0.2) is 0 Å².